The van der Waals surface area contributed by atoms with Crippen molar-refractivity contribution >= 4 is 61.6 Å². The summed E-state index contributed by atoms with van der Waals surface area (Å²) in [5.74, 6) is -0.268. The predicted octanol–water partition coefficient (Wildman–Crippen LogP) is 6.10. The third-order valence-electron chi connectivity index (χ3n) is 5.53. The van der Waals surface area contributed by atoms with Gasteiger partial charge in [-0.2, -0.15) is 0 Å². The number of thioether (sulfide) groups is 1. The van der Waals surface area contributed by atoms with Gasteiger partial charge in [0.25, 0.3) is 5.91 Å². The number of nitrogens with zero attached hydrogens (tertiary/aromatic N) is 1. The van der Waals surface area contributed by atoms with Crippen LogP contribution in [0.5, 0.6) is 5.75 Å². The van der Waals surface area contributed by atoms with E-state index in [1.165, 1.54) is 0 Å². The molecule has 1 aliphatic rings. The first-order valence-electron chi connectivity index (χ1n) is 11.7. The molecule has 1 aliphatic heterocycles. The Morgan fingerprint density at radius 2 is 1.76 bits per heavy atom. The standard InChI is InChI=1S/C28H27BrN4O3S/c1-4-36-22-11-6-5-10-21(22)33-26(34)23-24(30)25(27(35)32-20-13-12-17(3)15-19(20)29)37-28(23)31-18-9-7-8-16(2)14-18/h5-15,25H,4,30H2,1-3H3,(H,32,35)(H,33,34)/t25-/m1/s1. The summed E-state index contributed by atoms with van der Waals surface area (Å²) in [6.45, 7) is 6.25. The van der Waals surface area contributed by atoms with E-state index in [0.717, 1.165) is 27.4 Å². The molecule has 0 saturated heterocycles. The van der Waals surface area contributed by atoms with Crippen LogP contribution in [-0.2, 0) is 9.59 Å². The maximum Gasteiger partial charge on any atom is 0.260 e. The molecular weight excluding hydrogens is 552 g/mol. The molecule has 1 atom stereocenters. The number of rotatable bonds is 7. The van der Waals surface area contributed by atoms with Crippen molar-refractivity contribution in [3.8, 4) is 5.75 Å². The van der Waals surface area contributed by atoms with Crippen LogP contribution < -0.4 is 21.1 Å². The smallest absolute Gasteiger partial charge is 0.260 e. The molecule has 4 rings (SSSR count). The van der Waals surface area contributed by atoms with E-state index >= 15 is 0 Å². The van der Waals surface area contributed by atoms with Crippen molar-refractivity contribution in [3.63, 3.8) is 0 Å². The zero-order valence-corrected chi connectivity index (χ0v) is 23.1. The third-order valence-corrected chi connectivity index (χ3v) is 7.41. The van der Waals surface area contributed by atoms with Crippen LogP contribution in [-0.4, -0.2) is 28.7 Å². The molecule has 0 radical (unpaired) electrons. The van der Waals surface area contributed by atoms with E-state index in [-0.39, 0.29) is 17.2 Å². The number of carbonyl (C=O) groups excluding carboxylic acids is 2. The van der Waals surface area contributed by atoms with E-state index in [9.17, 15) is 9.59 Å². The molecule has 9 heteroatoms. The lowest BCUT2D eigenvalue weighted by molar-refractivity contribution is -0.115. The van der Waals surface area contributed by atoms with Gasteiger partial charge in [0.05, 0.1) is 29.2 Å². The van der Waals surface area contributed by atoms with Gasteiger partial charge in [-0.3, -0.25) is 9.59 Å². The Bertz CT molecular complexity index is 1420. The van der Waals surface area contributed by atoms with E-state index < -0.39 is 11.2 Å². The highest BCUT2D eigenvalue weighted by atomic mass is 79.9. The molecule has 3 aromatic rings. The average molecular weight is 580 g/mol. The predicted molar refractivity (Wildman–Crippen MR) is 155 cm³/mol. The molecule has 0 aromatic heterocycles. The lowest BCUT2D eigenvalue weighted by Crippen LogP contribution is -2.29. The topological polar surface area (TPSA) is 106 Å². The van der Waals surface area contributed by atoms with Crippen LogP contribution in [0.3, 0.4) is 0 Å². The Morgan fingerprint density at radius 3 is 2.49 bits per heavy atom. The first-order chi connectivity index (χ1) is 17.8. The number of hydrogen-bond donors (Lipinski definition) is 3. The van der Waals surface area contributed by atoms with Gasteiger partial charge in [0, 0.05) is 10.2 Å². The Labute approximate surface area is 228 Å². The van der Waals surface area contributed by atoms with Crippen LogP contribution in [0.4, 0.5) is 17.1 Å². The van der Waals surface area contributed by atoms with Gasteiger partial charge < -0.3 is 21.1 Å². The van der Waals surface area contributed by atoms with Crippen molar-refractivity contribution in [2.24, 2.45) is 10.7 Å². The van der Waals surface area contributed by atoms with Crippen molar-refractivity contribution in [2.45, 2.75) is 26.0 Å². The Balaban J connectivity index is 1.69. The van der Waals surface area contributed by atoms with Gasteiger partial charge in [-0.25, -0.2) is 4.99 Å². The maximum atomic E-state index is 13.5. The number of hydrogen-bond acceptors (Lipinski definition) is 6. The molecule has 4 N–H and O–H groups in total. The lowest BCUT2D eigenvalue weighted by Gasteiger charge is -2.13. The second kappa shape index (κ2) is 11.7. The minimum absolute atomic E-state index is 0.142. The highest BCUT2D eigenvalue weighted by molar-refractivity contribution is 9.10. The molecule has 0 fully saturated rings. The molecular formula is C28H27BrN4O3S. The summed E-state index contributed by atoms with van der Waals surface area (Å²) in [5, 5.41) is 5.33. The molecule has 3 aromatic carbocycles. The lowest BCUT2D eigenvalue weighted by atomic mass is 10.1. The number of benzene rings is 3. The fraction of sp³-hybridized carbons (Fsp3) is 0.179. The van der Waals surface area contributed by atoms with Crippen LogP contribution in [0.1, 0.15) is 18.1 Å². The van der Waals surface area contributed by atoms with E-state index in [0.29, 0.717) is 34.5 Å². The van der Waals surface area contributed by atoms with Crippen molar-refractivity contribution < 1.29 is 14.3 Å². The fourth-order valence-corrected chi connectivity index (χ4v) is 5.48. The summed E-state index contributed by atoms with van der Waals surface area (Å²) in [7, 11) is 0. The van der Waals surface area contributed by atoms with Crippen LogP contribution in [0.15, 0.2) is 87.5 Å². The quantitative estimate of drug-likeness (QED) is 0.314. The number of para-hydroxylation sites is 2. The summed E-state index contributed by atoms with van der Waals surface area (Å²) in [6, 6.07) is 20.4. The molecule has 37 heavy (non-hydrogen) atoms. The Kier molecular flexibility index (Phi) is 8.35. The number of amides is 2. The maximum absolute atomic E-state index is 13.5. The van der Waals surface area contributed by atoms with Crippen LogP contribution in [0, 0.1) is 13.8 Å². The van der Waals surface area contributed by atoms with Gasteiger partial charge in [-0.05, 0) is 84.2 Å². The number of ether oxygens (including phenoxy) is 1. The van der Waals surface area contributed by atoms with Crippen LogP contribution in [0.25, 0.3) is 0 Å². The van der Waals surface area contributed by atoms with Crippen molar-refractivity contribution in [3.05, 3.63) is 93.6 Å². The number of halogens is 1. The minimum Gasteiger partial charge on any atom is -0.492 e. The van der Waals surface area contributed by atoms with Gasteiger partial charge in [0.15, 0.2) is 0 Å². The van der Waals surface area contributed by atoms with E-state index in [4.69, 9.17) is 15.5 Å². The molecule has 0 aliphatic carbocycles. The molecule has 7 nitrogen and oxygen atoms in total. The zero-order chi connectivity index (χ0) is 26.5. The van der Waals surface area contributed by atoms with Gasteiger partial charge in [-0.15, -0.1) is 0 Å². The molecule has 0 saturated carbocycles. The highest BCUT2D eigenvalue weighted by Gasteiger charge is 2.38. The largest absolute Gasteiger partial charge is 0.492 e. The second-order valence-corrected chi connectivity index (χ2v) is 10.4. The van der Waals surface area contributed by atoms with Crippen molar-refractivity contribution in [1.29, 1.82) is 0 Å². The van der Waals surface area contributed by atoms with Gasteiger partial charge in [0.2, 0.25) is 5.91 Å². The monoisotopic (exact) mass is 578 g/mol. The number of nitrogens with two attached hydrogens (primary N) is 1. The second-order valence-electron chi connectivity index (χ2n) is 8.44. The molecule has 1 heterocycles. The average Bonchev–Trinajstić information content (AvgIpc) is 3.18. The van der Waals surface area contributed by atoms with Crippen molar-refractivity contribution in [2.75, 3.05) is 17.2 Å². The highest BCUT2D eigenvalue weighted by Crippen LogP contribution is 2.37. The number of nitrogens with one attached hydrogen (secondary N) is 2. The SMILES string of the molecule is CCOc1ccccc1NC(=O)C1=C(N)[C@H](C(=O)Nc2ccc(C)cc2Br)SC1=Nc1cccc(C)c1. The molecule has 0 bridgehead atoms. The number of aryl methyl sites for hydroxylation is 2. The normalized spacial score (nSPS) is 16.1. The van der Waals surface area contributed by atoms with Gasteiger partial charge >= 0.3 is 0 Å². The first kappa shape index (κ1) is 26.5. The molecule has 0 spiro atoms. The van der Waals surface area contributed by atoms with E-state index in [1.807, 2.05) is 69.3 Å². The summed E-state index contributed by atoms with van der Waals surface area (Å²) in [5.41, 5.74) is 10.7. The Hall–Kier alpha value is -3.56. The minimum atomic E-state index is -0.834. The number of aliphatic imine (C=N–C) groups is 1. The van der Waals surface area contributed by atoms with Crippen LogP contribution in [0.2, 0.25) is 0 Å². The van der Waals surface area contributed by atoms with Crippen molar-refractivity contribution in [1.82, 2.24) is 0 Å². The summed E-state index contributed by atoms with van der Waals surface area (Å²) in [6.07, 6.45) is 0. The van der Waals surface area contributed by atoms with E-state index in [1.54, 1.807) is 18.2 Å². The zero-order valence-electron chi connectivity index (χ0n) is 20.7. The third kappa shape index (κ3) is 6.23. The summed E-state index contributed by atoms with van der Waals surface area (Å²) in [4.78, 5) is 31.5. The molecule has 0 unspecified atom stereocenters. The molecule has 190 valence electrons. The molecule has 2 amide bonds. The first-order valence-corrected chi connectivity index (χ1v) is 13.4. The summed E-state index contributed by atoms with van der Waals surface area (Å²) < 4.78 is 6.40. The summed E-state index contributed by atoms with van der Waals surface area (Å²) >= 11 is 4.64. The fourth-order valence-electron chi connectivity index (χ4n) is 3.76. The Morgan fingerprint density at radius 1 is 1.00 bits per heavy atom. The van der Waals surface area contributed by atoms with Gasteiger partial charge in [-0.1, -0.05) is 42.1 Å². The van der Waals surface area contributed by atoms with E-state index in [2.05, 4.69) is 26.6 Å². The number of anilines is 2. The number of carbonyl (C=O) groups is 2. The van der Waals surface area contributed by atoms with Gasteiger partial charge in [0.1, 0.15) is 16.0 Å². The van der Waals surface area contributed by atoms with Crippen LogP contribution >= 0.6 is 27.7 Å².